The number of hydrogen-bond acceptors (Lipinski definition) is 7. The van der Waals surface area contributed by atoms with Crippen LogP contribution in [0, 0.1) is 0 Å². The standard InChI is InChI=1S/C24H28N7O2P/c1-15(2)30-23(32)19-14-26-24(27-18-9-8-16-10-11-25-13-17(16)12-18)29-22(19)31(30)20-6-5-7-21(28-20)34(3,4)33/h5-9,12,14-15,25H,10-11,13H2,1-4H3,(H,26,27,29). The summed E-state index contributed by atoms with van der Waals surface area (Å²) >= 11 is 0. The number of fused-ring (bicyclic) bond motifs is 2. The van der Waals surface area contributed by atoms with Crippen molar-refractivity contribution in [3.8, 4) is 5.82 Å². The van der Waals surface area contributed by atoms with Crippen molar-refractivity contribution in [3.63, 3.8) is 0 Å². The molecule has 0 amide bonds. The van der Waals surface area contributed by atoms with Crippen molar-refractivity contribution < 1.29 is 4.57 Å². The van der Waals surface area contributed by atoms with E-state index < -0.39 is 7.14 Å². The molecule has 10 heteroatoms. The Morgan fingerprint density at radius 1 is 1.12 bits per heavy atom. The number of anilines is 2. The smallest absolute Gasteiger partial charge is 0.278 e. The Kier molecular flexibility index (Phi) is 5.62. The Hall–Kier alpha value is -3.29. The molecule has 4 heterocycles. The molecule has 2 N–H and O–H groups in total. The number of aromatic nitrogens is 5. The van der Waals surface area contributed by atoms with Crippen molar-refractivity contribution in [1.29, 1.82) is 0 Å². The highest BCUT2D eigenvalue weighted by molar-refractivity contribution is 7.69. The second-order valence-electron chi connectivity index (χ2n) is 9.23. The Bertz CT molecular complexity index is 1500. The molecule has 176 valence electrons. The average molecular weight is 478 g/mol. The van der Waals surface area contributed by atoms with Crippen LogP contribution in [-0.2, 0) is 17.5 Å². The van der Waals surface area contributed by atoms with Crippen molar-refractivity contribution >= 4 is 35.2 Å². The molecule has 3 aromatic heterocycles. The third kappa shape index (κ3) is 4.06. The molecule has 1 aliphatic rings. The molecule has 0 bridgehead atoms. The highest BCUT2D eigenvalue weighted by Gasteiger charge is 2.22. The Balaban J connectivity index is 1.64. The highest BCUT2D eigenvalue weighted by atomic mass is 31.2. The lowest BCUT2D eigenvalue weighted by molar-refractivity contribution is 0.472. The molecule has 0 saturated heterocycles. The van der Waals surface area contributed by atoms with Crippen LogP contribution in [0.3, 0.4) is 0 Å². The second kappa shape index (κ2) is 8.49. The third-order valence-corrected chi connectivity index (χ3v) is 7.30. The van der Waals surface area contributed by atoms with Crippen LogP contribution < -0.4 is 21.6 Å². The summed E-state index contributed by atoms with van der Waals surface area (Å²) in [4.78, 5) is 27.0. The molecule has 0 aliphatic carbocycles. The molecule has 1 aliphatic heterocycles. The van der Waals surface area contributed by atoms with Crippen molar-refractivity contribution in [2.45, 2.75) is 32.9 Å². The number of hydrogen-bond donors (Lipinski definition) is 2. The molecule has 5 rings (SSSR count). The number of nitrogens with zero attached hydrogens (tertiary/aromatic N) is 5. The maximum atomic E-state index is 13.2. The van der Waals surface area contributed by atoms with Crippen LogP contribution in [0.1, 0.15) is 31.0 Å². The molecule has 0 spiro atoms. The van der Waals surface area contributed by atoms with Crippen LogP contribution in [0.2, 0.25) is 0 Å². The minimum Gasteiger partial charge on any atom is -0.324 e. The fourth-order valence-corrected chi connectivity index (χ4v) is 5.05. The highest BCUT2D eigenvalue weighted by Crippen LogP contribution is 2.33. The average Bonchev–Trinajstić information content (AvgIpc) is 3.10. The molecular weight excluding hydrogens is 449 g/mol. The summed E-state index contributed by atoms with van der Waals surface area (Å²) in [5.74, 6) is 0.880. The van der Waals surface area contributed by atoms with E-state index in [9.17, 15) is 9.36 Å². The monoisotopic (exact) mass is 477 g/mol. The largest absolute Gasteiger partial charge is 0.324 e. The number of benzene rings is 1. The predicted molar refractivity (Wildman–Crippen MR) is 136 cm³/mol. The van der Waals surface area contributed by atoms with Gasteiger partial charge in [-0.2, -0.15) is 4.98 Å². The summed E-state index contributed by atoms with van der Waals surface area (Å²) in [5.41, 5.74) is 4.24. The van der Waals surface area contributed by atoms with Gasteiger partial charge >= 0.3 is 0 Å². The molecule has 0 atom stereocenters. The van der Waals surface area contributed by atoms with Gasteiger partial charge in [0.15, 0.2) is 11.5 Å². The van der Waals surface area contributed by atoms with Gasteiger partial charge in [-0.15, -0.1) is 0 Å². The Morgan fingerprint density at radius 3 is 2.71 bits per heavy atom. The lowest BCUT2D eigenvalue weighted by Crippen LogP contribution is -2.25. The summed E-state index contributed by atoms with van der Waals surface area (Å²) in [6.45, 7) is 9.05. The number of pyridine rings is 1. The topological polar surface area (TPSA) is 107 Å². The first-order valence-corrected chi connectivity index (χ1v) is 14.0. The number of rotatable bonds is 5. The van der Waals surface area contributed by atoms with E-state index in [0.29, 0.717) is 28.2 Å². The molecule has 0 unspecified atom stereocenters. The fraction of sp³-hybridized carbons (Fsp3) is 0.333. The lowest BCUT2D eigenvalue weighted by atomic mass is 10.0. The van der Waals surface area contributed by atoms with E-state index in [1.807, 2.05) is 19.9 Å². The minimum atomic E-state index is -2.59. The van der Waals surface area contributed by atoms with Crippen LogP contribution in [0.5, 0.6) is 0 Å². The van der Waals surface area contributed by atoms with E-state index in [1.54, 1.807) is 47.1 Å². The van der Waals surface area contributed by atoms with Crippen molar-refractivity contribution in [2.24, 2.45) is 0 Å². The van der Waals surface area contributed by atoms with Crippen LogP contribution in [0.15, 0.2) is 47.4 Å². The molecule has 4 aromatic rings. The first-order valence-electron chi connectivity index (χ1n) is 11.3. The second-order valence-corrected chi connectivity index (χ2v) is 12.4. The van der Waals surface area contributed by atoms with Gasteiger partial charge in [0.25, 0.3) is 5.56 Å². The molecule has 34 heavy (non-hydrogen) atoms. The van der Waals surface area contributed by atoms with E-state index in [1.165, 1.54) is 11.1 Å². The fourth-order valence-electron chi connectivity index (χ4n) is 4.26. The summed E-state index contributed by atoms with van der Waals surface area (Å²) in [7, 11) is -2.59. The Morgan fingerprint density at radius 2 is 1.94 bits per heavy atom. The number of nitrogens with one attached hydrogen (secondary N) is 2. The molecule has 1 aromatic carbocycles. The van der Waals surface area contributed by atoms with Crippen molar-refractivity contribution in [3.05, 3.63) is 64.1 Å². The van der Waals surface area contributed by atoms with Crippen molar-refractivity contribution in [2.75, 3.05) is 25.2 Å². The van der Waals surface area contributed by atoms with Crippen LogP contribution in [0.4, 0.5) is 11.6 Å². The third-order valence-electron chi connectivity index (χ3n) is 5.95. The van der Waals surface area contributed by atoms with E-state index >= 15 is 0 Å². The summed E-state index contributed by atoms with van der Waals surface area (Å²) in [5, 5.41) is 7.07. The van der Waals surface area contributed by atoms with Gasteiger partial charge in [0, 0.05) is 24.5 Å². The SMILES string of the molecule is CC(C)n1c(=O)c2cnc(Nc3ccc4c(c3)CNCC4)nc2n1-c1cccc(P(C)(C)=O)n1. The van der Waals surface area contributed by atoms with Gasteiger partial charge in [-0.25, -0.2) is 19.3 Å². The van der Waals surface area contributed by atoms with E-state index in [4.69, 9.17) is 4.98 Å². The van der Waals surface area contributed by atoms with Crippen LogP contribution in [0.25, 0.3) is 16.9 Å². The van der Waals surface area contributed by atoms with Gasteiger partial charge < -0.3 is 15.2 Å². The van der Waals surface area contributed by atoms with Crippen LogP contribution >= 0.6 is 7.14 Å². The quantitative estimate of drug-likeness (QED) is 0.425. The molecular formula is C24H28N7O2P. The van der Waals surface area contributed by atoms with Crippen LogP contribution in [-0.4, -0.2) is 44.2 Å². The normalized spacial score (nSPS) is 13.9. The van der Waals surface area contributed by atoms with E-state index in [-0.39, 0.29) is 11.6 Å². The first-order chi connectivity index (χ1) is 16.2. The zero-order valence-electron chi connectivity index (χ0n) is 19.7. The summed E-state index contributed by atoms with van der Waals surface area (Å²) in [6.07, 6.45) is 2.57. The molecule has 0 radical (unpaired) electrons. The maximum Gasteiger partial charge on any atom is 0.278 e. The summed E-state index contributed by atoms with van der Waals surface area (Å²) in [6, 6.07) is 11.5. The van der Waals surface area contributed by atoms with E-state index in [2.05, 4.69) is 32.7 Å². The summed E-state index contributed by atoms with van der Waals surface area (Å²) < 4.78 is 16.0. The van der Waals surface area contributed by atoms with E-state index in [0.717, 1.165) is 25.2 Å². The zero-order valence-corrected chi connectivity index (χ0v) is 20.6. The predicted octanol–water partition coefficient (Wildman–Crippen LogP) is 3.20. The molecule has 9 nitrogen and oxygen atoms in total. The maximum absolute atomic E-state index is 13.2. The molecule has 0 fully saturated rings. The first kappa shape index (κ1) is 22.5. The van der Waals surface area contributed by atoms with Gasteiger partial charge in [-0.3, -0.25) is 4.79 Å². The minimum absolute atomic E-state index is 0.147. The Labute approximate surface area is 197 Å². The lowest BCUT2D eigenvalue weighted by Gasteiger charge is -2.18. The van der Waals surface area contributed by atoms with Gasteiger partial charge in [-0.05, 0) is 75.5 Å². The van der Waals surface area contributed by atoms with Gasteiger partial charge in [0.05, 0.1) is 0 Å². The molecule has 0 saturated carbocycles. The zero-order chi connectivity index (χ0) is 24.0. The van der Waals surface area contributed by atoms with Gasteiger partial charge in [0.1, 0.15) is 18.0 Å². The van der Waals surface area contributed by atoms with Gasteiger partial charge in [-0.1, -0.05) is 12.1 Å². The van der Waals surface area contributed by atoms with Crippen molar-refractivity contribution in [1.82, 2.24) is 29.6 Å². The van der Waals surface area contributed by atoms with Gasteiger partial charge in [0.2, 0.25) is 5.95 Å².